The van der Waals surface area contributed by atoms with Crippen molar-refractivity contribution >= 4 is 66.4 Å². The van der Waals surface area contributed by atoms with Gasteiger partial charge in [-0.2, -0.15) is 4.31 Å². The first-order valence-electron chi connectivity index (χ1n) is 10.2. The molecule has 5 rings (SSSR count). The van der Waals surface area contributed by atoms with E-state index in [1.165, 1.54) is 15.6 Å². The van der Waals surface area contributed by atoms with Gasteiger partial charge in [0.05, 0.1) is 5.69 Å². The average molecular weight is 511 g/mol. The Bertz CT molecular complexity index is 1330. The summed E-state index contributed by atoms with van der Waals surface area (Å²) in [6.07, 6.45) is 0.602. The first-order chi connectivity index (χ1) is 15.3. The molecule has 2 aliphatic rings. The van der Waals surface area contributed by atoms with Gasteiger partial charge in [-0.1, -0.05) is 29.3 Å². The van der Waals surface area contributed by atoms with Gasteiger partial charge in [0.1, 0.15) is 10.8 Å². The van der Waals surface area contributed by atoms with Crippen LogP contribution in [0.25, 0.3) is 10.1 Å². The maximum atomic E-state index is 13.4. The highest BCUT2D eigenvalue weighted by Gasteiger charge is 2.38. The lowest BCUT2D eigenvalue weighted by atomic mass is 10.0. The van der Waals surface area contributed by atoms with Crippen LogP contribution >= 0.6 is 34.5 Å². The smallest absolute Gasteiger partial charge is 0.414 e. The van der Waals surface area contributed by atoms with Crippen LogP contribution in [0.5, 0.6) is 0 Å². The number of ether oxygens (including phenoxy) is 1. The minimum Gasteiger partial charge on any atom is -0.444 e. The number of aryl methyl sites for hydroxylation is 1. The van der Waals surface area contributed by atoms with Gasteiger partial charge >= 0.3 is 6.09 Å². The zero-order chi connectivity index (χ0) is 22.6. The normalized spacial score (nSPS) is 18.1. The number of nitrogens with zero attached hydrogens (tertiary/aromatic N) is 2. The number of rotatable bonds is 3. The van der Waals surface area contributed by atoms with Crippen molar-refractivity contribution in [1.82, 2.24) is 4.31 Å². The van der Waals surface area contributed by atoms with Gasteiger partial charge in [0.15, 0.2) is 0 Å². The van der Waals surface area contributed by atoms with Gasteiger partial charge in [0.2, 0.25) is 0 Å². The summed E-state index contributed by atoms with van der Waals surface area (Å²) in [5.74, 6) is 0. The highest BCUT2D eigenvalue weighted by Crippen LogP contribution is 2.39. The van der Waals surface area contributed by atoms with Crippen molar-refractivity contribution < 1.29 is 17.9 Å². The van der Waals surface area contributed by atoms with Crippen molar-refractivity contribution in [3.8, 4) is 0 Å². The molecule has 0 N–H and O–H groups in total. The maximum absolute atomic E-state index is 13.4. The molecule has 6 nitrogen and oxygen atoms in total. The topological polar surface area (TPSA) is 66.9 Å². The van der Waals surface area contributed by atoms with E-state index in [-0.39, 0.29) is 12.6 Å². The molecular formula is C22H20Cl2N2O4S2. The van der Waals surface area contributed by atoms with Crippen molar-refractivity contribution in [3.63, 3.8) is 0 Å². The van der Waals surface area contributed by atoms with Gasteiger partial charge in [0.25, 0.3) is 10.0 Å². The Hall–Kier alpha value is -1.84. The van der Waals surface area contributed by atoms with Crippen molar-refractivity contribution in [2.75, 3.05) is 18.0 Å². The number of piperidine rings is 1. The lowest BCUT2D eigenvalue weighted by molar-refractivity contribution is 0.136. The molecule has 10 heteroatoms. The highest BCUT2D eigenvalue weighted by atomic mass is 35.5. The first-order valence-corrected chi connectivity index (χ1v) is 13.2. The van der Waals surface area contributed by atoms with E-state index < -0.39 is 16.1 Å². The van der Waals surface area contributed by atoms with Gasteiger partial charge in [-0.05, 0) is 61.0 Å². The highest BCUT2D eigenvalue weighted by molar-refractivity contribution is 7.91. The standard InChI is InChI=1S/C22H20Cl2N2O4S2/c1-13-16-11-14(23)5-6-20(16)31-21(13)32(28,29)25-9-7-15(8-10-25)26-19-4-2-3-18(24)17(19)12-30-22(26)27/h2-6,11,15H,7-10,12H2,1H3. The Morgan fingerprint density at radius 1 is 1.12 bits per heavy atom. The SMILES string of the molecule is Cc1c(S(=O)(=O)N2CCC(N3C(=O)OCc4c(Cl)cccc43)CC2)sc2ccc(Cl)cc12. The summed E-state index contributed by atoms with van der Waals surface area (Å²) in [7, 11) is -3.65. The second-order valence-electron chi connectivity index (χ2n) is 7.95. The van der Waals surface area contributed by atoms with Gasteiger partial charge in [-0.15, -0.1) is 11.3 Å². The lowest BCUT2D eigenvalue weighted by Crippen LogP contribution is -2.50. The average Bonchev–Trinajstić information content (AvgIpc) is 3.10. The van der Waals surface area contributed by atoms with E-state index in [4.69, 9.17) is 27.9 Å². The van der Waals surface area contributed by atoms with E-state index in [0.29, 0.717) is 40.2 Å². The summed E-state index contributed by atoms with van der Waals surface area (Å²) in [5, 5.41) is 2.00. The second-order valence-corrected chi connectivity index (χ2v) is 12.0. The molecule has 0 bridgehead atoms. The van der Waals surface area contributed by atoms with Crippen LogP contribution in [0.2, 0.25) is 10.0 Å². The number of cyclic esters (lactones) is 1. The van der Waals surface area contributed by atoms with Crippen molar-refractivity contribution in [3.05, 3.63) is 57.6 Å². The van der Waals surface area contributed by atoms with Crippen molar-refractivity contribution in [2.45, 2.75) is 36.6 Å². The predicted molar refractivity (Wildman–Crippen MR) is 127 cm³/mol. The van der Waals surface area contributed by atoms with Crippen molar-refractivity contribution in [2.24, 2.45) is 0 Å². The molecule has 0 atom stereocenters. The van der Waals surface area contributed by atoms with Crippen LogP contribution in [0, 0.1) is 6.92 Å². The van der Waals surface area contributed by atoms with Crippen LogP contribution in [-0.4, -0.2) is 37.9 Å². The van der Waals surface area contributed by atoms with Crippen LogP contribution in [-0.2, 0) is 21.4 Å². The van der Waals surface area contributed by atoms with Gasteiger partial charge in [-0.3, -0.25) is 4.90 Å². The molecule has 2 aliphatic heterocycles. The number of benzene rings is 2. The minimum atomic E-state index is -3.65. The number of hydrogen-bond acceptors (Lipinski definition) is 5. The zero-order valence-corrected chi connectivity index (χ0v) is 20.3. The largest absolute Gasteiger partial charge is 0.444 e. The number of amides is 1. The number of thiophene rings is 1. The van der Waals surface area contributed by atoms with E-state index >= 15 is 0 Å². The van der Waals surface area contributed by atoms with E-state index in [1.54, 1.807) is 23.1 Å². The summed E-state index contributed by atoms with van der Waals surface area (Å²) in [4.78, 5) is 14.2. The molecule has 1 aromatic heterocycles. The third kappa shape index (κ3) is 3.58. The number of sulfonamides is 1. The monoisotopic (exact) mass is 510 g/mol. The van der Waals surface area contributed by atoms with E-state index in [9.17, 15) is 13.2 Å². The molecule has 0 radical (unpaired) electrons. The molecule has 0 aliphatic carbocycles. The number of anilines is 1. The lowest BCUT2D eigenvalue weighted by Gasteiger charge is -2.39. The molecule has 1 fully saturated rings. The Balaban J connectivity index is 1.39. The van der Waals surface area contributed by atoms with Crippen LogP contribution in [0.15, 0.2) is 40.6 Å². The quantitative estimate of drug-likeness (QED) is 0.444. The van der Waals surface area contributed by atoms with E-state index in [0.717, 1.165) is 26.9 Å². The number of fused-ring (bicyclic) bond motifs is 2. The summed E-state index contributed by atoms with van der Waals surface area (Å²) in [5.41, 5.74) is 2.24. The minimum absolute atomic E-state index is 0.146. The van der Waals surface area contributed by atoms with E-state index in [2.05, 4.69) is 0 Å². The van der Waals surface area contributed by atoms with Gasteiger partial charge in [0, 0.05) is 39.4 Å². The fourth-order valence-corrected chi connectivity index (χ4v) is 8.18. The Morgan fingerprint density at radius 3 is 2.62 bits per heavy atom. The van der Waals surface area contributed by atoms with Crippen LogP contribution in [0.1, 0.15) is 24.0 Å². The third-order valence-corrected chi connectivity index (χ3v) is 10.5. The molecule has 168 valence electrons. The molecule has 0 spiro atoms. The van der Waals surface area contributed by atoms with Gasteiger partial charge in [-0.25, -0.2) is 13.2 Å². The number of carbonyl (C=O) groups is 1. The molecular weight excluding hydrogens is 491 g/mol. The van der Waals surface area contributed by atoms with Gasteiger partial charge < -0.3 is 4.74 Å². The fraction of sp³-hybridized carbons (Fsp3) is 0.318. The summed E-state index contributed by atoms with van der Waals surface area (Å²) >= 11 is 13.7. The zero-order valence-electron chi connectivity index (χ0n) is 17.2. The molecule has 32 heavy (non-hydrogen) atoms. The van der Waals surface area contributed by atoms with E-state index in [1.807, 2.05) is 25.1 Å². The molecule has 3 aromatic rings. The number of carbonyl (C=O) groups excluding carboxylic acids is 1. The van der Waals surface area contributed by atoms with Crippen LogP contribution in [0.4, 0.5) is 10.5 Å². The fourth-order valence-electron chi connectivity index (χ4n) is 4.44. The summed E-state index contributed by atoms with van der Waals surface area (Å²) < 4.78 is 35.0. The Labute approximate surface area is 200 Å². The predicted octanol–water partition coefficient (Wildman–Crippen LogP) is 5.83. The third-order valence-electron chi connectivity index (χ3n) is 6.11. The molecule has 2 aromatic carbocycles. The van der Waals surface area contributed by atoms with Crippen LogP contribution in [0.3, 0.4) is 0 Å². The molecule has 0 saturated carbocycles. The number of halogens is 2. The molecule has 0 unspecified atom stereocenters. The molecule has 1 amide bonds. The summed E-state index contributed by atoms with van der Waals surface area (Å²) in [6, 6.07) is 10.7. The summed E-state index contributed by atoms with van der Waals surface area (Å²) in [6.45, 7) is 2.61. The molecule has 1 saturated heterocycles. The number of hydrogen-bond donors (Lipinski definition) is 0. The van der Waals surface area contributed by atoms with Crippen LogP contribution < -0.4 is 4.90 Å². The Kier molecular flexibility index (Phi) is 5.62. The Morgan fingerprint density at radius 2 is 1.88 bits per heavy atom. The van der Waals surface area contributed by atoms with Crippen molar-refractivity contribution in [1.29, 1.82) is 0 Å². The first kappa shape index (κ1) is 22.0. The maximum Gasteiger partial charge on any atom is 0.414 e. The second kappa shape index (κ2) is 8.18. The molecule has 3 heterocycles.